The van der Waals surface area contributed by atoms with E-state index in [4.69, 9.17) is 16.7 Å². The number of rotatable bonds is 4. The molecule has 0 aromatic carbocycles. The first-order valence-electron chi connectivity index (χ1n) is 6.36. The highest BCUT2D eigenvalue weighted by molar-refractivity contribution is 6.21. The molecule has 0 heterocycles. The summed E-state index contributed by atoms with van der Waals surface area (Å²) < 4.78 is 13.7. The Balaban J connectivity index is 1.86. The Morgan fingerprint density at radius 2 is 2.22 bits per heavy atom. The van der Waals surface area contributed by atoms with Gasteiger partial charge in [-0.2, -0.15) is 0 Å². The molecule has 5 heteroatoms. The van der Waals surface area contributed by atoms with Gasteiger partial charge in [0.15, 0.2) is 0 Å². The van der Waals surface area contributed by atoms with E-state index in [1.54, 1.807) is 0 Å². The Bertz CT molecular complexity index is 357. The summed E-state index contributed by atoms with van der Waals surface area (Å²) in [5, 5.41) is 11.4. The van der Waals surface area contributed by atoms with Gasteiger partial charge in [-0.05, 0) is 37.2 Å². The van der Waals surface area contributed by atoms with Crippen molar-refractivity contribution in [2.75, 3.05) is 6.61 Å². The highest BCUT2D eigenvalue weighted by atomic mass is 35.5. The minimum Gasteiger partial charge on any atom is -0.394 e. The van der Waals surface area contributed by atoms with Crippen molar-refractivity contribution in [3.63, 3.8) is 0 Å². The van der Waals surface area contributed by atoms with Crippen molar-refractivity contribution in [2.45, 2.75) is 49.2 Å². The summed E-state index contributed by atoms with van der Waals surface area (Å²) in [6.45, 7) is 3.70. The van der Waals surface area contributed by atoms with Gasteiger partial charge < -0.3 is 10.4 Å². The van der Waals surface area contributed by atoms with Crippen LogP contribution in [0.15, 0.2) is 12.2 Å². The van der Waals surface area contributed by atoms with E-state index in [0.29, 0.717) is 18.4 Å². The number of aliphatic hydroxyl groups excluding tert-OH is 1. The van der Waals surface area contributed by atoms with E-state index in [2.05, 4.69) is 11.9 Å². The lowest BCUT2D eigenvalue weighted by Crippen LogP contribution is -2.41. The zero-order valence-corrected chi connectivity index (χ0v) is 11.0. The zero-order chi connectivity index (χ0) is 13.3. The minimum atomic E-state index is -1.22. The van der Waals surface area contributed by atoms with Crippen LogP contribution in [0.3, 0.4) is 0 Å². The monoisotopic (exact) mass is 275 g/mol. The first kappa shape index (κ1) is 13.8. The van der Waals surface area contributed by atoms with Crippen molar-refractivity contribution in [1.82, 2.24) is 5.32 Å². The molecule has 2 aliphatic rings. The number of hydrogen-bond donors (Lipinski definition) is 2. The van der Waals surface area contributed by atoms with Gasteiger partial charge in [0.2, 0.25) is 5.91 Å². The van der Waals surface area contributed by atoms with Crippen LogP contribution in [-0.4, -0.2) is 34.7 Å². The summed E-state index contributed by atoms with van der Waals surface area (Å²) in [6, 6.07) is 0. The second-order valence-electron chi connectivity index (χ2n) is 5.46. The molecule has 0 aromatic heterocycles. The molecule has 18 heavy (non-hydrogen) atoms. The van der Waals surface area contributed by atoms with Gasteiger partial charge in [0.1, 0.15) is 6.17 Å². The fourth-order valence-electron chi connectivity index (χ4n) is 2.43. The number of carbonyl (C=O) groups excluding carboxylic acids is 1. The van der Waals surface area contributed by atoms with Gasteiger partial charge in [0.25, 0.3) is 0 Å². The molecule has 0 spiro atoms. The van der Waals surface area contributed by atoms with E-state index in [1.807, 2.05) is 0 Å². The maximum absolute atomic E-state index is 13.7. The normalized spacial score (nSPS) is 34.2. The summed E-state index contributed by atoms with van der Waals surface area (Å²) >= 11 is 5.83. The second kappa shape index (κ2) is 5.17. The number of carbonyl (C=O) groups is 1. The maximum atomic E-state index is 13.7. The maximum Gasteiger partial charge on any atom is 0.221 e. The first-order chi connectivity index (χ1) is 8.47. The molecule has 3 atom stereocenters. The van der Waals surface area contributed by atoms with Crippen LogP contribution in [0.4, 0.5) is 4.39 Å². The molecule has 3 nitrogen and oxygen atoms in total. The number of amides is 1. The van der Waals surface area contributed by atoms with E-state index in [9.17, 15) is 9.18 Å². The van der Waals surface area contributed by atoms with Crippen molar-refractivity contribution < 1.29 is 14.3 Å². The van der Waals surface area contributed by atoms with E-state index in [-0.39, 0.29) is 24.9 Å². The Kier molecular flexibility index (Phi) is 3.97. The summed E-state index contributed by atoms with van der Waals surface area (Å²) in [4.78, 5) is 11.8. The SMILES string of the molecule is C=C1C(CC(=O)NC2(CO)CC2)CCC(Cl)C1F. The quantitative estimate of drug-likeness (QED) is 0.608. The van der Waals surface area contributed by atoms with E-state index in [0.717, 1.165) is 12.8 Å². The smallest absolute Gasteiger partial charge is 0.221 e. The van der Waals surface area contributed by atoms with Gasteiger partial charge in [-0.15, -0.1) is 11.6 Å². The van der Waals surface area contributed by atoms with Crippen molar-refractivity contribution in [2.24, 2.45) is 5.92 Å². The van der Waals surface area contributed by atoms with E-state index in [1.165, 1.54) is 0 Å². The van der Waals surface area contributed by atoms with Gasteiger partial charge in [-0.25, -0.2) is 4.39 Å². The average molecular weight is 276 g/mol. The molecule has 2 saturated carbocycles. The van der Waals surface area contributed by atoms with Crippen LogP contribution in [0.5, 0.6) is 0 Å². The lowest BCUT2D eigenvalue weighted by atomic mass is 9.81. The highest BCUT2D eigenvalue weighted by Gasteiger charge is 2.44. The Morgan fingerprint density at radius 3 is 2.78 bits per heavy atom. The molecule has 3 unspecified atom stereocenters. The van der Waals surface area contributed by atoms with Crippen molar-refractivity contribution in [1.29, 1.82) is 0 Å². The van der Waals surface area contributed by atoms with Crippen LogP contribution >= 0.6 is 11.6 Å². The molecular weight excluding hydrogens is 257 g/mol. The highest BCUT2D eigenvalue weighted by Crippen LogP contribution is 2.37. The summed E-state index contributed by atoms with van der Waals surface area (Å²) in [5.41, 5.74) is 0.0299. The predicted molar refractivity (Wildman–Crippen MR) is 68.2 cm³/mol. The lowest BCUT2D eigenvalue weighted by Gasteiger charge is -2.30. The second-order valence-corrected chi connectivity index (χ2v) is 6.02. The van der Waals surface area contributed by atoms with Gasteiger partial charge in [-0.3, -0.25) is 4.79 Å². The fourth-order valence-corrected chi connectivity index (χ4v) is 2.71. The molecule has 2 rings (SSSR count). The average Bonchev–Trinajstić information content (AvgIpc) is 3.10. The fraction of sp³-hybridized carbons (Fsp3) is 0.769. The Morgan fingerprint density at radius 1 is 1.56 bits per heavy atom. The van der Waals surface area contributed by atoms with Crippen LogP contribution in [0, 0.1) is 5.92 Å². The third-order valence-electron chi connectivity index (χ3n) is 3.98. The van der Waals surface area contributed by atoms with Crippen molar-refractivity contribution in [3.05, 3.63) is 12.2 Å². The van der Waals surface area contributed by atoms with Crippen molar-refractivity contribution >= 4 is 17.5 Å². The number of halogens is 2. The lowest BCUT2D eigenvalue weighted by molar-refractivity contribution is -0.123. The molecule has 0 aliphatic heterocycles. The molecule has 0 aromatic rings. The molecule has 0 saturated heterocycles. The number of aliphatic hydroxyl groups is 1. The minimum absolute atomic E-state index is 0.0279. The first-order valence-corrected chi connectivity index (χ1v) is 6.80. The van der Waals surface area contributed by atoms with Crippen LogP contribution in [0.2, 0.25) is 0 Å². The molecule has 2 aliphatic carbocycles. The third kappa shape index (κ3) is 2.86. The molecule has 2 fully saturated rings. The number of alkyl halides is 2. The molecule has 0 radical (unpaired) electrons. The topological polar surface area (TPSA) is 49.3 Å². The Hall–Kier alpha value is -0.610. The van der Waals surface area contributed by atoms with Gasteiger partial charge >= 0.3 is 0 Å². The van der Waals surface area contributed by atoms with Gasteiger partial charge in [-0.1, -0.05) is 6.58 Å². The molecule has 2 N–H and O–H groups in total. The predicted octanol–water partition coefficient (Wildman–Crippen LogP) is 1.93. The number of nitrogens with one attached hydrogen (secondary N) is 1. The molecule has 0 bridgehead atoms. The summed E-state index contributed by atoms with van der Waals surface area (Å²) in [5.74, 6) is -0.266. The van der Waals surface area contributed by atoms with Crippen LogP contribution in [-0.2, 0) is 4.79 Å². The van der Waals surface area contributed by atoms with Crippen LogP contribution < -0.4 is 5.32 Å². The molecule has 1 amide bonds. The van der Waals surface area contributed by atoms with Crippen LogP contribution in [0.25, 0.3) is 0 Å². The summed E-state index contributed by atoms with van der Waals surface area (Å²) in [7, 11) is 0. The summed E-state index contributed by atoms with van der Waals surface area (Å²) in [6.07, 6.45) is 1.93. The van der Waals surface area contributed by atoms with Gasteiger partial charge in [0.05, 0.1) is 17.5 Å². The van der Waals surface area contributed by atoms with E-state index < -0.39 is 17.1 Å². The zero-order valence-electron chi connectivity index (χ0n) is 10.3. The molecular formula is C13H19ClFNO2. The largest absolute Gasteiger partial charge is 0.394 e. The third-order valence-corrected chi connectivity index (χ3v) is 4.42. The molecule has 102 valence electrons. The number of hydrogen-bond acceptors (Lipinski definition) is 2. The van der Waals surface area contributed by atoms with E-state index >= 15 is 0 Å². The number of allylic oxidation sites excluding steroid dienone is 1. The van der Waals surface area contributed by atoms with Crippen molar-refractivity contribution in [3.8, 4) is 0 Å². The van der Waals surface area contributed by atoms with Gasteiger partial charge in [0, 0.05) is 6.42 Å². The van der Waals surface area contributed by atoms with Crippen LogP contribution in [0.1, 0.15) is 32.1 Å². The standard InChI is InChI=1S/C13H19ClFNO2/c1-8-9(2-3-10(14)12(8)15)6-11(18)16-13(7-17)4-5-13/h9-10,12,17H,1-7H2,(H,16,18). The Labute approximate surface area is 111 Å².